The number of benzene rings is 8. The number of rotatable bonds is 5. The lowest BCUT2D eigenvalue weighted by Crippen LogP contribution is -2.11. The third-order valence-electron chi connectivity index (χ3n) is 8.57. The van der Waals surface area contributed by atoms with Crippen LogP contribution in [0.2, 0.25) is 0 Å². The summed E-state index contributed by atoms with van der Waals surface area (Å²) in [5.74, 6) is 0. The molecule has 0 aliphatic rings. The van der Waals surface area contributed by atoms with Crippen LogP contribution in [0.3, 0.4) is 0 Å². The number of nitrogens with zero attached hydrogens (tertiary/aromatic N) is 1. The topological polar surface area (TPSA) is 16.4 Å². The molecule has 0 N–H and O–H groups in total. The summed E-state index contributed by atoms with van der Waals surface area (Å²) in [5.41, 5.74) is 6.50. The van der Waals surface area contributed by atoms with E-state index in [9.17, 15) is 1.37 Å². The van der Waals surface area contributed by atoms with Gasteiger partial charge in [0.05, 0.1) is 21.0 Å². The predicted molar refractivity (Wildman–Crippen MR) is 194 cm³/mol. The number of anilines is 3. The van der Waals surface area contributed by atoms with E-state index in [1.165, 1.54) is 0 Å². The third kappa shape index (κ3) is 4.35. The van der Waals surface area contributed by atoms with E-state index < -0.39 is 30.2 Å². The maximum Gasteiger partial charge on any atom is 0.143 e. The molecule has 0 atom stereocenters. The molecule has 0 radical (unpaired) electrons. The molecule has 0 saturated heterocycles. The molecule has 1 aromatic heterocycles. The molecule has 0 saturated carbocycles. The fourth-order valence-electron chi connectivity index (χ4n) is 6.37. The maximum absolute atomic E-state index is 9.32. The van der Waals surface area contributed by atoms with Gasteiger partial charge in [0.1, 0.15) is 11.2 Å². The number of hydrogen-bond acceptors (Lipinski definition) is 2. The molecule has 0 fully saturated rings. The fourth-order valence-corrected chi connectivity index (χ4v) is 6.37. The maximum atomic E-state index is 9.32. The zero-order valence-corrected chi connectivity index (χ0v) is 24.6. The molecular formula is C44H29NO. The van der Waals surface area contributed by atoms with Gasteiger partial charge in [0.15, 0.2) is 0 Å². The molecule has 0 spiro atoms. The van der Waals surface area contributed by atoms with E-state index >= 15 is 0 Å². The molecule has 0 unspecified atom stereocenters. The first-order valence-electron chi connectivity index (χ1n) is 18.6. The normalized spacial score (nSPS) is 13.6. The summed E-state index contributed by atoms with van der Waals surface area (Å²) in [5, 5.41) is 3.93. The summed E-state index contributed by atoms with van der Waals surface area (Å²) in [6.45, 7) is 0. The zero-order chi connectivity index (χ0) is 36.5. The smallest absolute Gasteiger partial charge is 0.143 e. The van der Waals surface area contributed by atoms with Crippen molar-refractivity contribution >= 4 is 60.5 Å². The second-order valence-electron chi connectivity index (χ2n) is 11.2. The average Bonchev–Trinajstić information content (AvgIpc) is 3.58. The Morgan fingerprint density at radius 3 is 2.11 bits per heavy atom. The van der Waals surface area contributed by atoms with Gasteiger partial charge in [-0.15, -0.1) is 0 Å². The van der Waals surface area contributed by atoms with Crippen LogP contribution in [0.4, 0.5) is 17.1 Å². The Morgan fingerprint density at radius 2 is 1.20 bits per heavy atom. The Morgan fingerprint density at radius 1 is 0.457 bits per heavy atom. The van der Waals surface area contributed by atoms with E-state index in [1.54, 1.807) is 4.90 Å². The van der Waals surface area contributed by atoms with Gasteiger partial charge < -0.3 is 9.32 Å². The Kier molecular flexibility index (Phi) is 4.70. The Hall–Kier alpha value is -6.12. The molecule has 9 aromatic rings. The summed E-state index contributed by atoms with van der Waals surface area (Å²) >= 11 is 0. The second kappa shape index (κ2) is 10.8. The van der Waals surface area contributed by atoms with Crippen molar-refractivity contribution < 1.29 is 14.0 Å². The van der Waals surface area contributed by atoms with Gasteiger partial charge in [-0.2, -0.15) is 0 Å². The molecular weight excluding hydrogens is 558 g/mol. The molecule has 216 valence electrons. The molecule has 46 heavy (non-hydrogen) atoms. The van der Waals surface area contributed by atoms with Gasteiger partial charge in [-0.05, 0) is 69.9 Å². The molecule has 2 nitrogen and oxygen atoms in total. The average molecular weight is 595 g/mol. The van der Waals surface area contributed by atoms with Crippen LogP contribution in [-0.2, 0) is 0 Å². The highest BCUT2D eigenvalue weighted by Gasteiger charge is 2.20. The minimum absolute atomic E-state index is 0.00657. The molecule has 0 aliphatic heterocycles. The van der Waals surface area contributed by atoms with Crippen LogP contribution in [0.5, 0.6) is 0 Å². The first kappa shape index (κ1) is 20.0. The van der Waals surface area contributed by atoms with Crippen molar-refractivity contribution in [1.29, 1.82) is 0 Å². The van der Waals surface area contributed by atoms with Gasteiger partial charge in [-0.1, -0.05) is 133 Å². The van der Waals surface area contributed by atoms with E-state index in [2.05, 4.69) is 30.3 Å². The van der Waals surface area contributed by atoms with Gasteiger partial charge in [0.2, 0.25) is 0 Å². The van der Waals surface area contributed by atoms with Gasteiger partial charge in [-0.25, -0.2) is 0 Å². The quantitative estimate of drug-likeness (QED) is 0.197. The van der Waals surface area contributed by atoms with Crippen molar-refractivity contribution in [1.82, 2.24) is 0 Å². The molecule has 8 aromatic carbocycles. The van der Waals surface area contributed by atoms with Crippen molar-refractivity contribution in [2.75, 3.05) is 4.90 Å². The predicted octanol–water partition coefficient (Wildman–Crippen LogP) is 12.7. The fraction of sp³-hybridized carbons (Fsp3) is 0. The summed E-state index contributed by atoms with van der Waals surface area (Å²) in [4.78, 5) is 1.79. The Bertz CT molecular complexity index is 2910. The lowest BCUT2D eigenvalue weighted by molar-refractivity contribution is 0.672. The lowest BCUT2D eigenvalue weighted by atomic mass is 9.98. The Labute approximate surface area is 277 Å². The Balaban J connectivity index is 1.33. The van der Waals surface area contributed by atoms with E-state index in [1.807, 2.05) is 103 Å². The summed E-state index contributed by atoms with van der Waals surface area (Å²) in [6, 6.07) is 40.7. The molecule has 0 bridgehead atoms. The van der Waals surface area contributed by atoms with Gasteiger partial charge in [0.25, 0.3) is 0 Å². The van der Waals surface area contributed by atoms with Crippen molar-refractivity contribution in [2.24, 2.45) is 0 Å². The van der Waals surface area contributed by atoms with Gasteiger partial charge in [0, 0.05) is 32.8 Å². The summed E-state index contributed by atoms with van der Waals surface area (Å²) in [7, 11) is 0. The number of furan rings is 1. The first-order chi connectivity index (χ1) is 25.7. The van der Waals surface area contributed by atoms with Crippen LogP contribution < -0.4 is 4.90 Å². The molecule has 1 heterocycles. The monoisotopic (exact) mass is 594 g/mol. The molecule has 9 rings (SSSR count). The largest absolute Gasteiger partial charge is 0.455 e. The van der Waals surface area contributed by atoms with Crippen LogP contribution in [0, 0.1) is 0 Å². The minimum Gasteiger partial charge on any atom is -0.455 e. The SMILES string of the molecule is [2H]c1c([2H])c([2H])c2c(N(c3ccc(-c4ccccc4)cc3)c3ccccc3-c3ccc4oc5c6ccccc6ccc5c4c3)c([2H])c([2H])c([2H])c2c1[2H]. The van der Waals surface area contributed by atoms with Crippen molar-refractivity contribution in [3.05, 3.63) is 176 Å². The van der Waals surface area contributed by atoms with E-state index in [-0.39, 0.29) is 28.5 Å². The molecule has 2 heteroatoms. The highest BCUT2D eigenvalue weighted by Crippen LogP contribution is 2.45. The highest BCUT2D eigenvalue weighted by molar-refractivity contribution is 6.15. The second-order valence-corrected chi connectivity index (χ2v) is 11.2. The van der Waals surface area contributed by atoms with E-state index in [0.717, 1.165) is 55.0 Å². The number of para-hydroxylation sites is 1. The van der Waals surface area contributed by atoms with Gasteiger partial charge in [-0.3, -0.25) is 0 Å². The first-order valence-corrected chi connectivity index (χ1v) is 15.1. The van der Waals surface area contributed by atoms with Crippen LogP contribution in [0.25, 0.3) is 65.7 Å². The standard InChI is InChI=1S/C44H29NO/c1-2-11-30(12-3-1)31-21-25-35(26-22-31)45(42-20-10-15-32-13-4-6-16-36(32)42)41-19-9-8-17-37(41)34-24-28-43-40(29-34)39-27-23-33-14-5-7-18-38(33)44(39)46-43/h1-29H/i4D,6D,10D,13D,15D,16D,20D. The molecule has 0 amide bonds. The summed E-state index contributed by atoms with van der Waals surface area (Å²) < 4.78 is 68.2. The number of fused-ring (bicyclic) bond motifs is 6. The van der Waals surface area contributed by atoms with E-state index in [4.69, 9.17) is 12.6 Å². The highest BCUT2D eigenvalue weighted by atomic mass is 16.3. The van der Waals surface area contributed by atoms with Crippen molar-refractivity contribution in [3.63, 3.8) is 0 Å². The van der Waals surface area contributed by atoms with E-state index in [0.29, 0.717) is 11.4 Å². The summed E-state index contributed by atoms with van der Waals surface area (Å²) in [6.07, 6.45) is 0. The van der Waals surface area contributed by atoms with Crippen LogP contribution in [0.15, 0.2) is 180 Å². The van der Waals surface area contributed by atoms with Gasteiger partial charge >= 0.3 is 0 Å². The third-order valence-corrected chi connectivity index (χ3v) is 8.57. The van der Waals surface area contributed by atoms with Crippen LogP contribution >= 0.6 is 0 Å². The van der Waals surface area contributed by atoms with Crippen molar-refractivity contribution in [2.45, 2.75) is 0 Å². The zero-order valence-electron chi connectivity index (χ0n) is 31.6. The van der Waals surface area contributed by atoms with Crippen LogP contribution in [0.1, 0.15) is 9.60 Å². The molecule has 0 aliphatic carbocycles. The minimum atomic E-state index is -0.494. The van der Waals surface area contributed by atoms with Crippen molar-refractivity contribution in [3.8, 4) is 22.3 Å². The van der Waals surface area contributed by atoms with Crippen LogP contribution in [-0.4, -0.2) is 0 Å². The lowest BCUT2D eigenvalue weighted by Gasteiger charge is -2.29. The number of hydrogen-bond donors (Lipinski definition) is 0.